The number of rotatable bonds is 8. The molecule has 5 heteroatoms. The van der Waals surface area contributed by atoms with Gasteiger partial charge >= 0.3 is 5.97 Å². The van der Waals surface area contributed by atoms with Gasteiger partial charge in [-0.1, -0.05) is 19.1 Å². The minimum Gasteiger partial charge on any atom is -0.477 e. The second-order valence-electron chi connectivity index (χ2n) is 5.15. The highest BCUT2D eigenvalue weighted by molar-refractivity contribution is 9.10. The van der Waals surface area contributed by atoms with E-state index in [0.717, 1.165) is 22.3 Å². The first-order chi connectivity index (χ1) is 10.2. The molecule has 0 saturated heterocycles. The van der Waals surface area contributed by atoms with E-state index in [1.165, 1.54) is 12.8 Å². The number of para-hydroxylation sites is 1. The summed E-state index contributed by atoms with van der Waals surface area (Å²) in [7, 11) is 0. The molecular formula is C16H22BrNO3. The molecule has 1 aliphatic carbocycles. The number of carbonyl (C=O) groups is 1. The van der Waals surface area contributed by atoms with E-state index in [1.807, 2.05) is 25.1 Å². The third kappa shape index (κ3) is 4.71. The predicted octanol–water partition coefficient (Wildman–Crippen LogP) is 3.42. The molecule has 2 rings (SSSR count). The molecule has 1 fully saturated rings. The zero-order valence-corrected chi connectivity index (χ0v) is 14.1. The van der Waals surface area contributed by atoms with Gasteiger partial charge in [-0.25, -0.2) is 4.79 Å². The van der Waals surface area contributed by atoms with Crippen LogP contribution in [0.15, 0.2) is 22.7 Å². The largest absolute Gasteiger partial charge is 0.477 e. The van der Waals surface area contributed by atoms with Crippen molar-refractivity contribution in [1.29, 1.82) is 0 Å². The molecule has 1 aliphatic rings. The molecule has 0 aromatic heterocycles. The van der Waals surface area contributed by atoms with Crippen molar-refractivity contribution in [3.05, 3.63) is 28.2 Å². The van der Waals surface area contributed by atoms with Crippen LogP contribution in [-0.2, 0) is 16.1 Å². The van der Waals surface area contributed by atoms with Crippen LogP contribution in [0, 0.1) is 0 Å². The van der Waals surface area contributed by atoms with Gasteiger partial charge in [0, 0.05) is 18.2 Å². The summed E-state index contributed by atoms with van der Waals surface area (Å²) in [5.74, 6) is 0.419. The maximum absolute atomic E-state index is 11.9. The number of hydrogen-bond acceptors (Lipinski definition) is 4. The Morgan fingerprint density at radius 1 is 1.43 bits per heavy atom. The zero-order chi connectivity index (χ0) is 15.2. The molecule has 116 valence electrons. The summed E-state index contributed by atoms with van der Waals surface area (Å²) in [6.07, 6.45) is 2.49. The molecule has 1 unspecified atom stereocenters. The second-order valence-corrected chi connectivity index (χ2v) is 6.00. The fourth-order valence-corrected chi connectivity index (χ4v) is 2.54. The smallest absolute Gasteiger partial charge is 0.347 e. The van der Waals surface area contributed by atoms with E-state index in [2.05, 4.69) is 21.2 Å². The number of halogens is 1. The molecule has 0 amide bonds. The predicted molar refractivity (Wildman–Crippen MR) is 85.3 cm³/mol. The van der Waals surface area contributed by atoms with E-state index in [-0.39, 0.29) is 5.97 Å². The first kappa shape index (κ1) is 16.3. The number of benzene rings is 1. The number of carbonyl (C=O) groups excluding carboxylic acids is 1. The van der Waals surface area contributed by atoms with E-state index in [9.17, 15) is 4.79 Å². The fourth-order valence-electron chi connectivity index (χ4n) is 2.04. The molecule has 21 heavy (non-hydrogen) atoms. The quantitative estimate of drug-likeness (QED) is 0.725. The SMILES string of the molecule is CCOC(=O)C(CC)Oc1c(Br)cccc1CNC1CC1. The van der Waals surface area contributed by atoms with E-state index >= 15 is 0 Å². The summed E-state index contributed by atoms with van der Waals surface area (Å²) in [6.45, 7) is 4.83. The van der Waals surface area contributed by atoms with Crippen LogP contribution in [0.25, 0.3) is 0 Å². The number of esters is 1. The monoisotopic (exact) mass is 355 g/mol. The summed E-state index contributed by atoms with van der Waals surface area (Å²) in [4.78, 5) is 11.9. The van der Waals surface area contributed by atoms with Gasteiger partial charge in [-0.05, 0) is 48.2 Å². The van der Waals surface area contributed by atoms with Gasteiger partial charge in [0.05, 0.1) is 11.1 Å². The molecule has 1 saturated carbocycles. The topological polar surface area (TPSA) is 47.6 Å². The van der Waals surface area contributed by atoms with Crippen LogP contribution in [0.3, 0.4) is 0 Å². The number of hydrogen-bond donors (Lipinski definition) is 1. The summed E-state index contributed by atoms with van der Waals surface area (Å²) < 4.78 is 11.9. The lowest BCUT2D eigenvalue weighted by Gasteiger charge is -2.19. The van der Waals surface area contributed by atoms with Gasteiger partial charge < -0.3 is 14.8 Å². The first-order valence-corrected chi connectivity index (χ1v) is 8.29. The van der Waals surface area contributed by atoms with Crippen LogP contribution >= 0.6 is 15.9 Å². The Morgan fingerprint density at radius 3 is 2.81 bits per heavy atom. The molecule has 4 nitrogen and oxygen atoms in total. The van der Waals surface area contributed by atoms with E-state index < -0.39 is 6.10 Å². The number of nitrogens with one attached hydrogen (secondary N) is 1. The van der Waals surface area contributed by atoms with Crippen molar-refractivity contribution in [3.8, 4) is 5.75 Å². The normalized spacial score (nSPS) is 15.6. The van der Waals surface area contributed by atoms with Gasteiger partial charge in [0.25, 0.3) is 0 Å². The van der Waals surface area contributed by atoms with Crippen LogP contribution in [0.1, 0.15) is 38.7 Å². The van der Waals surface area contributed by atoms with E-state index in [4.69, 9.17) is 9.47 Å². The molecule has 1 N–H and O–H groups in total. The van der Waals surface area contributed by atoms with E-state index in [1.54, 1.807) is 6.92 Å². The van der Waals surface area contributed by atoms with Gasteiger partial charge in [0.2, 0.25) is 0 Å². The van der Waals surface area contributed by atoms with Crippen molar-refractivity contribution < 1.29 is 14.3 Å². The summed E-state index contributed by atoms with van der Waals surface area (Å²) in [6, 6.07) is 6.55. The van der Waals surface area contributed by atoms with Crippen LogP contribution < -0.4 is 10.1 Å². The minimum atomic E-state index is -0.566. The Bertz CT molecular complexity index is 488. The molecule has 1 aromatic rings. The van der Waals surface area contributed by atoms with E-state index in [0.29, 0.717) is 19.1 Å². The average Bonchev–Trinajstić information content (AvgIpc) is 3.28. The highest BCUT2D eigenvalue weighted by Crippen LogP contribution is 2.31. The Labute approximate surface area is 134 Å². The van der Waals surface area contributed by atoms with Gasteiger partial charge in [-0.3, -0.25) is 0 Å². The molecule has 1 atom stereocenters. The average molecular weight is 356 g/mol. The zero-order valence-electron chi connectivity index (χ0n) is 12.5. The molecule has 0 aliphatic heterocycles. The Morgan fingerprint density at radius 2 is 2.19 bits per heavy atom. The van der Waals surface area contributed by atoms with Gasteiger partial charge in [0.1, 0.15) is 5.75 Å². The van der Waals surface area contributed by atoms with Crippen LogP contribution in [0.4, 0.5) is 0 Å². The lowest BCUT2D eigenvalue weighted by molar-refractivity contribution is -0.151. The molecule has 0 spiro atoms. The lowest BCUT2D eigenvalue weighted by Crippen LogP contribution is -2.29. The molecule has 0 radical (unpaired) electrons. The highest BCUT2D eigenvalue weighted by atomic mass is 79.9. The third-order valence-corrected chi connectivity index (χ3v) is 4.01. The standard InChI is InChI=1S/C16H22BrNO3/c1-3-14(16(19)20-4-2)21-15-11(6-5-7-13(15)17)10-18-12-8-9-12/h5-7,12,14,18H,3-4,8-10H2,1-2H3. The first-order valence-electron chi connectivity index (χ1n) is 7.49. The van der Waals surface area contributed by atoms with Crippen LogP contribution in [0.5, 0.6) is 5.75 Å². The van der Waals surface area contributed by atoms with Crippen molar-refractivity contribution >= 4 is 21.9 Å². The summed E-state index contributed by atoms with van der Waals surface area (Å²) in [5, 5.41) is 3.47. The van der Waals surface area contributed by atoms with Crippen molar-refractivity contribution in [2.24, 2.45) is 0 Å². The van der Waals surface area contributed by atoms with Crippen LogP contribution in [-0.4, -0.2) is 24.7 Å². The highest BCUT2D eigenvalue weighted by Gasteiger charge is 2.24. The Kier molecular flexibility index (Phi) is 6.06. The second kappa shape index (κ2) is 7.80. The van der Waals surface area contributed by atoms with Crippen molar-refractivity contribution in [2.45, 2.75) is 51.8 Å². The molecule has 1 aromatic carbocycles. The van der Waals surface area contributed by atoms with Gasteiger partial charge in [0.15, 0.2) is 6.10 Å². The molecular weight excluding hydrogens is 334 g/mol. The summed E-state index contributed by atoms with van der Waals surface area (Å²) in [5.41, 5.74) is 1.05. The van der Waals surface area contributed by atoms with Crippen molar-refractivity contribution in [2.75, 3.05) is 6.61 Å². The molecule has 0 heterocycles. The fraction of sp³-hybridized carbons (Fsp3) is 0.562. The Hall–Kier alpha value is -1.07. The minimum absolute atomic E-state index is 0.308. The summed E-state index contributed by atoms with van der Waals surface area (Å²) >= 11 is 3.51. The lowest BCUT2D eigenvalue weighted by atomic mass is 10.2. The maximum Gasteiger partial charge on any atom is 0.347 e. The van der Waals surface area contributed by atoms with Crippen molar-refractivity contribution in [1.82, 2.24) is 5.32 Å². The Balaban J connectivity index is 2.10. The third-order valence-electron chi connectivity index (χ3n) is 3.39. The van der Waals surface area contributed by atoms with Gasteiger partial charge in [-0.2, -0.15) is 0 Å². The van der Waals surface area contributed by atoms with Crippen LogP contribution in [0.2, 0.25) is 0 Å². The molecule has 0 bridgehead atoms. The maximum atomic E-state index is 11.9. The number of ether oxygens (including phenoxy) is 2. The van der Waals surface area contributed by atoms with Crippen molar-refractivity contribution in [3.63, 3.8) is 0 Å². The van der Waals surface area contributed by atoms with Gasteiger partial charge in [-0.15, -0.1) is 0 Å².